The number of likely N-dealkylation sites (tertiary alicyclic amines) is 1. The predicted molar refractivity (Wildman–Crippen MR) is 118 cm³/mol. The van der Waals surface area contributed by atoms with Gasteiger partial charge in [0.1, 0.15) is 0 Å². The minimum atomic E-state index is -4.37. The van der Waals surface area contributed by atoms with Crippen LogP contribution in [0.5, 0.6) is 0 Å². The van der Waals surface area contributed by atoms with Crippen LogP contribution in [0.4, 0.5) is 18.9 Å². The second kappa shape index (κ2) is 9.29. The van der Waals surface area contributed by atoms with Gasteiger partial charge in [-0.1, -0.05) is 29.8 Å². The average molecular weight is 467 g/mol. The third-order valence-corrected chi connectivity index (χ3v) is 6.36. The van der Waals surface area contributed by atoms with Gasteiger partial charge in [0.15, 0.2) is 0 Å². The van der Waals surface area contributed by atoms with Crippen molar-refractivity contribution in [2.75, 3.05) is 37.6 Å². The fourth-order valence-corrected chi connectivity index (χ4v) is 4.73. The van der Waals surface area contributed by atoms with Crippen LogP contribution in [0.2, 0.25) is 5.02 Å². The number of anilines is 1. The van der Waals surface area contributed by atoms with Crippen LogP contribution in [0, 0.1) is 0 Å². The van der Waals surface area contributed by atoms with E-state index in [1.54, 1.807) is 11.0 Å². The first-order chi connectivity index (χ1) is 15.2. The molecule has 0 radical (unpaired) electrons. The van der Waals surface area contributed by atoms with Crippen molar-refractivity contribution >= 4 is 23.2 Å². The summed E-state index contributed by atoms with van der Waals surface area (Å²) in [5.41, 5.74) is 7.07. The van der Waals surface area contributed by atoms with Crippen LogP contribution in [0.1, 0.15) is 17.5 Å². The van der Waals surface area contributed by atoms with Crippen LogP contribution in [0.15, 0.2) is 48.5 Å². The van der Waals surface area contributed by atoms with Crippen LogP contribution >= 0.6 is 11.6 Å². The van der Waals surface area contributed by atoms with Crippen molar-refractivity contribution in [3.8, 4) is 0 Å². The van der Waals surface area contributed by atoms with Crippen molar-refractivity contribution in [3.63, 3.8) is 0 Å². The molecule has 0 bridgehead atoms. The second-order valence-corrected chi connectivity index (χ2v) is 8.87. The number of piperazine rings is 1. The first-order valence-corrected chi connectivity index (χ1v) is 11.0. The number of hydrogen-bond donors (Lipinski definition) is 1. The van der Waals surface area contributed by atoms with E-state index in [1.807, 2.05) is 29.2 Å². The SMILES string of the molecule is N[C@H]1C[C@@H](C(=O)N2CCN(c3cccc(C(F)(F)F)c3)CC2)N(Cc2cccc(Cl)c2)C1. The summed E-state index contributed by atoms with van der Waals surface area (Å²) in [5, 5.41) is 0.652. The molecule has 0 aromatic heterocycles. The Morgan fingerprint density at radius 2 is 1.78 bits per heavy atom. The molecule has 9 heteroatoms. The lowest BCUT2D eigenvalue weighted by Crippen LogP contribution is -2.53. The van der Waals surface area contributed by atoms with Crippen LogP contribution in [0.3, 0.4) is 0 Å². The van der Waals surface area contributed by atoms with E-state index in [4.69, 9.17) is 17.3 Å². The number of halogens is 4. The first kappa shape index (κ1) is 22.9. The Balaban J connectivity index is 1.39. The molecule has 2 atom stereocenters. The Bertz CT molecular complexity index is 962. The molecular formula is C23H26ClF3N4O. The third kappa shape index (κ3) is 5.19. The highest BCUT2D eigenvalue weighted by Gasteiger charge is 2.38. The maximum Gasteiger partial charge on any atom is 0.416 e. The van der Waals surface area contributed by atoms with Crippen molar-refractivity contribution in [2.24, 2.45) is 5.73 Å². The normalized spacial score (nSPS) is 22.4. The van der Waals surface area contributed by atoms with Crippen molar-refractivity contribution in [1.82, 2.24) is 9.80 Å². The number of carbonyl (C=O) groups excluding carboxylic acids is 1. The van der Waals surface area contributed by atoms with Crippen molar-refractivity contribution < 1.29 is 18.0 Å². The maximum atomic E-state index is 13.3. The van der Waals surface area contributed by atoms with Gasteiger partial charge in [-0.15, -0.1) is 0 Å². The number of hydrogen-bond acceptors (Lipinski definition) is 4. The first-order valence-electron chi connectivity index (χ1n) is 10.7. The van der Waals surface area contributed by atoms with Gasteiger partial charge in [-0.3, -0.25) is 9.69 Å². The number of nitrogens with zero attached hydrogens (tertiary/aromatic N) is 3. The molecule has 2 aliphatic rings. The molecule has 4 rings (SSSR count). The van der Waals surface area contributed by atoms with E-state index in [0.717, 1.165) is 11.6 Å². The Hall–Kier alpha value is -2.29. The molecule has 2 aromatic rings. The Kier molecular flexibility index (Phi) is 6.65. The van der Waals surface area contributed by atoms with Crippen molar-refractivity contribution in [3.05, 3.63) is 64.7 Å². The summed E-state index contributed by atoms with van der Waals surface area (Å²) in [6, 6.07) is 12.5. The molecule has 1 amide bonds. The lowest BCUT2D eigenvalue weighted by Gasteiger charge is -2.38. The van der Waals surface area contributed by atoms with Gasteiger partial charge in [0.05, 0.1) is 11.6 Å². The molecule has 32 heavy (non-hydrogen) atoms. The van der Waals surface area contributed by atoms with Gasteiger partial charge in [-0.25, -0.2) is 0 Å². The molecule has 2 aromatic carbocycles. The number of benzene rings is 2. The smallest absolute Gasteiger partial charge is 0.368 e. The van der Waals surface area contributed by atoms with E-state index in [1.165, 1.54) is 12.1 Å². The summed E-state index contributed by atoms with van der Waals surface area (Å²) in [6.07, 6.45) is -3.78. The van der Waals surface area contributed by atoms with Gasteiger partial charge in [0.25, 0.3) is 0 Å². The third-order valence-electron chi connectivity index (χ3n) is 6.13. The molecule has 2 aliphatic heterocycles. The minimum absolute atomic E-state index is 0.0312. The largest absolute Gasteiger partial charge is 0.416 e. The molecule has 2 heterocycles. The van der Waals surface area contributed by atoms with E-state index in [2.05, 4.69) is 4.90 Å². The number of alkyl halides is 3. The Morgan fingerprint density at radius 3 is 2.47 bits per heavy atom. The monoisotopic (exact) mass is 466 g/mol. The van der Waals surface area contributed by atoms with Crippen LogP contribution in [-0.4, -0.2) is 60.5 Å². The molecule has 2 fully saturated rings. The number of carbonyl (C=O) groups is 1. The van der Waals surface area contributed by atoms with Crippen LogP contribution in [-0.2, 0) is 17.5 Å². The summed E-state index contributed by atoms with van der Waals surface area (Å²) in [7, 11) is 0. The summed E-state index contributed by atoms with van der Waals surface area (Å²) in [6.45, 7) is 3.12. The Morgan fingerprint density at radius 1 is 1.06 bits per heavy atom. The van der Waals surface area contributed by atoms with Gasteiger partial charge in [-0.2, -0.15) is 13.2 Å². The van der Waals surface area contributed by atoms with E-state index in [9.17, 15) is 18.0 Å². The average Bonchev–Trinajstić information content (AvgIpc) is 3.13. The molecule has 0 saturated carbocycles. The van der Waals surface area contributed by atoms with Crippen molar-refractivity contribution in [1.29, 1.82) is 0 Å². The highest BCUT2D eigenvalue weighted by atomic mass is 35.5. The molecule has 0 unspecified atom stereocenters. The fourth-order valence-electron chi connectivity index (χ4n) is 4.52. The highest BCUT2D eigenvalue weighted by molar-refractivity contribution is 6.30. The zero-order valence-electron chi connectivity index (χ0n) is 17.6. The maximum absolute atomic E-state index is 13.3. The summed E-state index contributed by atoms with van der Waals surface area (Å²) < 4.78 is 39.1. The Labute approximate surface area is 190 Å². The van der Waals surface area contributed by atoms with Gasteiger partial charge in [-0.05, 0) is 42.3 Å². The van der Waals surface area contributed by atoms with Gasteiger partial charge >= 0.3 is 6.18 Å². The zero-order chi connectivity index (χ0) is 22.9. The van der Waals surface area contributed by atoms with Gasteiger partial charge < -0.3 is 15.5 Å². The molecule has 2 saturated heterocycles. The summed E-state index contributed by atoms with van der Waals surface area (Å²) in [4.78, 5) is 19.1. The number of nitrogens with two attached hydrogens (primary N) is 1. The molecule has 5 nitrogen and oxygen atoms in total. The van der Waals surface area contributed by atoms with Gasteiger partial charge in [0, 0.05) is 56.0 Å². The molecule has 0 spiro atoms. The van der Waals surface area contributed by atoms with Crippen LogP contribution in [0.25, 0.3) is 0 Å². The second-order valence-electron chi connectivity index (χ2n) is 8.43. The molecular weight excluding hydrogens is 441 g/mol. The lowest BCUT2D eigenvalue weighted by molar-refractivity contribution is -0.137. The molecule has 0 aliphatic carbocycles. The highest BCUT2D eigenvalue weighted by Crippen LogP contribution is 2.32. The molecule has 172 valence electrons. The van der Waals surface area contributed by atoms with E-state index >= 15 is 0 Å². The standard InChI is InChI=1S/C23H26ClF3N4O/c24-18-5-1-3-16(11-18)14-31-15-19(28)13-21(31)22(32)30-9-7-29(8-10-30)20-6-2-4-17(12-20)23(25,26)27/h1-6,11-12,19,21H,7-10,13-15,28H2/t19-,21-/m0/s1. The topological polar surface area (TPSA) is 52.8 Å². The quantitative estimate of drug-likeness (QED) is 0.748. The lowest BCUT2D eigenvalue weighted by atomic mass is 10.1. The van der Waals surface area contributed by atoms with E-state index in [-0.39, 0.29) is 18.0 Å². The number of rotatable bonds is 4. The van der Waals surface area contributed by atoms with Crippen molar-refractivity contribution in [2.45, 2.75) is 31.2 Å². The van der Waals surface area contributed by atoms with Gasteiger partial charge in [0.2, 0.25) is 5.91 Å². The predicted octanol–water partition coefficient (Wildman–Crippen LogP) is 3.61. The fraction of sp³-hybridized carbons (Fsp3) is 0.435. The van der Waals surface area contributed by atoms with E-state index in [0.29, 0.717) is 56.4 Å². The number of amides is 1. The summed E-state index contributed by atoms with van der Waals surface area (Å²) >= 11 is 6.09. The zero-order valence-corrected chi connectivity index (χ0v) is 18.3. The summed E-state index contributed by atoms with van der Waals surface area (Å²) in [5.74, 6) is 0.0312. The van der Waals surface area contributed by atoms with Crippen LogP contribution < -0.4 is 10.6 Å². The molecule has 2 N–H and O–H groups in total. The van der Waals surface area contributed by atoms with E-state index < -0.39 is 11.7 Å². The minimum Gasteiger partial charge on any atom is -0.368 e.